The minimum atomic E-state index is -1.84. The van der Waals surface area contributed by atoms with Crippen molar-refractivity contribution in [1.29, 1.82) is 0 Å². The lowest BCUT2D eigenvalue weighted by atomic mass is 9.77. The van der Waals surface area contributed by atoms with E-state index in [0.29, 0.717) is 68.6 Å². The number of hydrogen-bond acceptors (Lipinski definition) is 17. The number of benzene rings is 1. The summed E-state index contributed by atoms with van der Waals surface area (Å²) in [7, 11) is 7.20. The van der Waals surface area contributed by atoms with Crippen LogP contribution in [0.2, 0.25) is 0 Å². The number of ether oxygens (including phenoxy) is 8. The van der Waals surface area contributed by atoms with E-state index in [0.717, 1.165) is 0 Å². The van der Waals surface area contributed by atoms with Crippen LogP contribution in [0.5, 0.6) is 0 Å². The van der Waals surface area contributed by atoms with Crippen molar-refractivity contribution in [3.05, 3.63) is 45.7 Å². The number of carbonyl (C=O) groups is 2. The third-order valence-corrected chi connectivity index (χ3v) is 16.2. The molecule has 0 unspecified atom stereocenters. The van der Waals surface area contributed by atoms with Crippen molar-refractivity contribution in [2.24, 2.45) is 17.8 Å². The number of fused-ring (bicyclic) bond motifs is 1. The smallest absolute Gasteiger partial charge is 0.341 e. The number of nitrogens with zero attached hydrogens (tertiary/aromatic N) is 3. The number of aliphatic hydroxyl groups excluding tert-OH is 2. The Balaban J connectivity index is 1.32. The zero-order chi connectivity index (χ0) is 56.6. The topological polar surface area (TPSA) is 238 Å². The molecular weight excluding hydrogens is 983 g/mol. The van der Waals surface area contributed by atoms with Crippen LogP contribution in [0, 0.1) is 29.6 Å². The predicted octanol–water partition coefficient (Wildman–Crippen LogP) is 4.81. The molecule has 19 nitrogen and oxygen atoms in total. The lowest BCUT2D eigenvalue weighted by Gasteiger charge is -2.49. The molecule has 430 valence electrons. The molecule has 18 atom stereocenters. The van der Waals surface area contributed by atoms with Crippen LogP contribution >= 0.6 is 0 Å². The number of likely N-dealkylation sites (N-methyl/N-ethyl adjacent to an activating group) is 2. The number of methoxy groups -OCH3 is 1. The number of rotatable bonds is 16. The average molecular weight is 1070 g/mol. The molecular formula is C57H91N3O16. The number of aromatic nitrogens is 1. The number of esters is 1. The number of aliphatic hydroxyl groups is 4. The van der Waals surface area contributed by atoms with Crippen LogP contribution in [0.15, 0.2) is 29.2 Å². The van der Waals surface area contributed by atoms with Gasteiger partial charge in [0.2, 0.25) is 5.43 Å². The van der Waals surface area contributed by atoms with Gasteiger partial charge >= 0.3 is 11.9 Å². The van der Waals surface area contributed by atoms with Crippen LogP contribution < -0.4 is 5.43 Å². The Hall–Kier alpha value is -3.59. The highest BCUT2D eigenvalue weighted by Crippen LogP contribution is 2.41. The van der Waals surface area contributed by atoms with Crippen LogP contribution in [0.3, 0.4) is 0 Å². The van der Waals surface area contributed by atoms with E-state index in [1.54, 1.807) is 57.6 Å². The van der Waals surface area contributed by atoms with Gasteiger partial charge in [0.25, 0.3) is 0 Å². The molecule has 1 aromatic carbocycles. The standard InChI is InChI=1S/C57H91N3O16/c1-16-44-57(11,68)49(63)37(7)59(14)31-33(3)29-55(9,67)50(76-54-47(62)43(58(12)13)27-34(4)72-54)35(5)48(36(6)53(66)74-44)75-45-30-56(10,69-15)51(38(8)73-45)71-26-20-25-70-24-19-18-21-39-22-23-42-40(28-39)46(61)41(52(64)65)32-60(42)17-2/h22-23,28,32-38,43-45,47-51,54,62-63,67-68H,16-17,19-20,24-27,29-31H2,1-15H3,(H,64,65)/t33-,34-,35+,36-,37-,38+,43+,44-,45+,47-,48+,49-,50-,51+,54+,55-,56-,57-/m1/s1. The summed E-state index contributed by atoms with van der Waals surface area (Å²) >= 11 is 0. The van der Waals surface area contributed by atoms with E-state index in [1.807, 2.05) is 72.5 Å². The molecule has 0 amide bonds. The number of carbonyl (C=O) groups excluding carboxylic acids is 1. The summed E-state index contributed by atoms with van der Waals surface area (Å²) in [6.45, 7) is 21.8. The van der Waals surface area contributed by atoms with Crippen molar-refractivity contribution in [3.63, 3.8) is 0 Å². The Morgan fingerprint density at radius 3 is 2.28 bits per heavy atom. The van der Waals surface area contributed by atoms with Crippen LogP contribution in [-0.4, -0.2) is 197 Å². The summed E-state index contributed by atoms with van der Waals surface area (Å²) in [5.74, 6) is 2.14. The van der Waals surface area contributed by atoms with E-state index >= 15 is 0 Å². The fourth-order valence-corrected chi connectivity index (χ4v) is 11.7. The van der Waals surface area contributed by atoms with Crippen LogP contribution in [0.4, 0.5) is 0 Å². The Morgan fingerprint density at radius 2 is 1.64 bits per heavy atom. The molecule has 5 rings (SSSR count). The summed E-state index contributed by atoms with van der Waals surface area (Å²) in [6, 6.07) is 4.33. The highest BCUT2D eigenvalue weighted by Gasteiger charge is 2.53. The van der Waals surface area contributed by atoms with E-state index in [1.165, 1.54) is 13.1 Å². The second-order valence-corrected chi connectivity index (χ2v) is 22.7. The van der Waals surface area contributed by atoms with Gasteiger partial charge in [-0.2, -0.15) is 0 Å². The highest BCUT2D eigenvalue weighted by atomic mass is 16.7. The van der Waals surface area contributed by atoms with Crippen molar-refractivity contribution >= 4 is 22.8 Å². The molecule has 3 aliphatic heterocycles. The van der Waals surface area contributed by atoms with Gasteiger partial charge in [0, 0.05) is 81.4 Å². The zero-order valence-electron chi connectivity index (χ0n) is 47.8. The van der Waals surface area contributed by atoms with Gasteiger partial charge in [0.05, 0.1) is 53.7 Å². The zero-order valence-corrected chi connectivity index (χ0v) is 47.8. The second-order valence-electron chi connectivity index (χ2n) is 22.7. The number of aryl methyl sites for hydroxylation is 1. The molecule has 3 saturated heterocycles. The number of pyridine rings is 1. The summed E-state index contributed by atoms with van der Waals surface area (Å²) in [6.07, 6.45) is -5.64. The van der Waals surface area contributed by atoms with E-state index in [-0.39, 0.29) is 42.9 Å². The molecule has 5 N–H and O–H groups in total. The number of cyclic esters (lactones) is 1. The minimum absolute atomic E-state index is 0.177. The largest absolute Gasteiger partial charge is 0.477 e. The molecule has 2 aromatic rings. The van der Waals surface area contributed by atoms with Crippen molar-refractivity contribution in [3.8, 4) is 11.8 Å². The Morgan fingerprint density at radius 1 is 0.947 bits per heavy atom. The van der Waals surface area contributed by atoms with E-state index in [9.17, 15) is 39.9 Å². The maximum Gasteiger partial charge on any atom is 0.341 e. The van der Waals surface area contributed by atoms with Crippen molar-refractivity contribution in [2.75, 3.05) is 54.6 Å². The fourth-order valence-electron chi connectivity index (χ4n) is 11.7. The number of aromatic carboxylic acids is 1. The summed E-state index contributed by atoms with van der Waals surface area (Å²) in [5.41, 5.74) is -3.97. The van der Waals surface area contributed by atoms with Gasteiger partial charge in [-0.25, -0.2) is 4.79 Å². The van der Waals surface area contributed by atoms with Crippen LogP contribution in [-0.2, 0) is 49.2 Å². The van der Waals surface area contributed by atoms with Crippen molar-refractivity contribution in [1.82, 2.24) is 14.4 Å². The maximum absolute atomic E-state index is 14.6. The van der Waals surface area contributed by atoms with Crippen molar-refractivity contribution < 1.29 is 73.0 Å². The van der Waals surface area contributed by atoms with E-state index < -0.39 is 107 Å². The molecule has 1 aromatic heterocycles. The van der Waals surface area contributed by atoms with Crippen molar-refractivity contribution in [2.45, 2.75) is 212 Å². The van der Waals surface area contributed by atoms with Gasteiger partial charge in [-0.15, -0.1) is 0 Å². The summed E-state index contributed by atoms with van der Waals surface area (Å²) in [5, 5.41) is 57.9. The molecule has 76 heavy (non-hydrogen) atoms. The molecule has 0 saturated carbocycles. The van der Waals surface area contributed by atoms with Gasteiger partial charge in [0.15, 0.2) is 12.6 Å². The normalized spacial score (nSPS) is 37.5. The number of hydrogen-bond donors (Lipinski definition) is 5. The third-order valence-electron chi connectivity index (χ3n) is 16.2. The molecule has 3 aliphatic rings. The van der Waals surface area contributed by atoms with Gasteiger partial charge in [-0.3, -0.25) is 9.59 Å². The third kappa shape index (κ3) is 15.0. The Labute approximate surface area is 450 Å². The van der Waals surface area contributed by atoms with E-state index in [2.05, 4.69) is 11.8 Å². The second kappa shape index (κ2) is 27.0. The average Bonchev–Trinajstić information content (AvgIpc) is 3.35. The van der Waals surface area contributed by atoms with E-state index in [4.69, 9.17) is 37.9 Å². The lowest BCUT2D eigenvalue weighted by molar-refractivity contribution is -0.320. The molecule has 3 fully saturated rings. The van der Waals surface area contributed by atoms with Crippen LogP contribution in [0.1, 0.15) is 131 Å². The highest BCUT2D eigenvalue weighted by molar-refractivity contribution is 5.93. The predicted molar refractivity (Wildman–Crippen MR) is 286 cm³/mol. The number of carboxylic acids is 1. The molecule has 19 heteroatoms. The quantitative estimate of drug-likeness (QED) is 0.0862. The van der Waals surface area contributed by atoms with Gasteiger partial charge in [0.1, 0.15) is 35.6 Å². The molecule has 0 spiro atoms. The first-order valence-corrected chi connectivity index (χ1v) is 27.3. The first-order chi connectivity index (χ1) is 35.6. The SMILES string of the molecule is CC[C@H]1OC(=O)[C@H](C)[C@@H](O[C@H]2C[C@@](C)(OC)[C@@H](OCCCOCCC#Cc3ccc4c(c3)c(=O)c(C(=O)O)cn4CC)[C@H](C)O2)[C@H](C)[C@@H](O[C@@H]2O[C@H](C)C[C@H](N(C)C)[C@H]2O)[C@](C)(O)C[C@@H](C)CN(C)[C@H](C)[C@@H](O)[C@]1(C)O. The molecule has 0 aliphatic carbocycles. The maximum atomic E-state index is 14.6. The van der Waals surface area contributed by atoms with Gasteiger partial charge < -0.3 is 77.8 Å². The monoisotopic (exact) mass is 1070 g/mol. The Kier molecular flexibility index (Phi) is 22.5. The van der Waals surface area contributed by atoms with Crippen LogP contribution in [0.25, 0.3) is 10.9 Å². The summed E-state index contributed by atoms with van der Waals surface area (Å²) in [4.78, 5) is 43.0. The molecule has 0 bridgehead atoms. The Bertz CT molecular complexity index is 2350. The fraction of sp³-hybridized carbons (Fsp3) is 0.772. The minimum Gasteiger partial charge on any atom is -0.477 e. The van der Waals surface area contributed by atoms with Gasteiger partial charge in [-0.05, 0) is 126 Å². The lowest BCUT2D eigenvalue weighted by Crippen LogP contribution is -2.61. The number of carboxylic acid groups (broad SMARTS) is 1. The first-order valence-electron chi connectivity index (χ1n) is 27.3. The molecule has 0 radical (unpaired) electrons. The summed E-state index contributed by atoms with van der Waals surface area (Å²) < 4.78 is 53.1. The van der Waals surface area contributed by atoms with Gasteiger partial charge in [-0.1, -0.05) is 32.6 Å². The molecule has 4 heterocycles. The first kappa shape index (κ1) is 63.2.